The molecule has 2 N–H and O–H groups in total. The van der Waals surface area contributed by atoms with Crippen LogP contribution in [0.4, 0.5) is 5.69 Å². The molecule has 0 aliphatic rings. The predicted octanol–water partition coefficient (Wildman–Crippen LogP) is 5.23. The fourth-order valence-corrected chi connectivity index (χ4v) is 2.49. The summed E-state index contributed by atoms with van der Waals surface area (Å²) in [6.45, 7) is 0.375. The number of carbonyl (C=O) groups is 1. The Bertz CT molecular complexity index is 449. The highest BCUT2D eigenvalue weighted by Gasteiger charge is 2.18. The number of benzene rings is 1. The molecule has 18 heavy (non-hydrogen) atoms. The summed E-state index contributed by atoms with van der Waals surface area (Å²) < 4.78 is 0. The minimum Gasteiger partial charge on any atom is -0.481 e. The molecule has 1 aromatic carbocycles. The van der Waals surface area contributed by atoms with Crippen molar-refractivity contribution in [3.63, 3.8) is 0 Å². The van der Waals surface area contributed by atoms with Crippen LogP contribution in [-0.4, -0.2) is 17.6 Å². The van der Waals surface area contributed by atoms with Gasteiger partial charge < -0.3 is 10.4 Å². The van der Waals surface area contributed by atoms with Crippen molar-refractivity contribution >= 4 is 69.7 Å². The molecule has 0 heterocycles. The molecular weight excluding hydrogens is 343 g/mol. The molecule has 0 bridgehead atoms. The van der Waals surface area contributed by atoms with Crippen molar-refractivity contribution in [1.82, 2.24) is 0 Å². The minimum atomic E-state index is -0.874. The smallest absolute Gasteiger partial charge is 0.303 e. The van der Waals surface area contributed by atoms with E-state index in [1.54, 1.807) is 0 Å². The summed E-state index contributed by atoms with van der Waals surface area (Å²) in [5.74, 6) is -0.874. The summed E-state index contributed by atoms with van der Waals surface area (Å²) in [4.78, 5) is 10.4. The lowest BCUT2D eigenvalue weighted by atomic mass is 10.2. The van der Waals surface area contributed by atoms with Crippen molar-refractivity contribution < 1.29 is 9.90 Å². The second-order valence-corrected chi connectivity index (χ2v) is 5.26. The van der Waals surface area contributed by atoms with E-state index < -0.39 is 5.97 Å². The zero-order valence-corrected chi connectivity index (χ0v) is 12.6. The zero-order chi connectivity index (χ0) is 13.9. The van der Waals surface area contributed by atoms with Gasteiger partial charge in [0.25, 0.3) is 0 Å². The number of hydrogen-bond donors (Lipinski definition) is 2. The van der Waals surface area contributed by atoms with Crippen LogP contribution in [-0.2, 0) is 4.79 Å². The molecule has 1 rings (SSSR count). The van der Waals surface area contributed by atoms with Gasteiger partial charge in [0.15, 0.2) is 0 Å². The van der Waals surface area contributed by atoms with Gasteiger partial charge in [-0.05, 0) is 6.42 Å². The second kappa shape index (κ2) is 6.92. The van der Waals surface area contributed by atoms with Crippen molar-refractivity contribution in [2.24, 2.45) is 0 Å². The quantitative estimate of drug-likeness (QED) is 0.434. The molecule has 0 aliphatic heterocycles. The van der Waals surface area contributed by atoms with Crippen LogP contribution in [0.15, 0.2) is 0 Å². The highest BCUT2D eigenvalue weighted by atomic mass is 35.5. The average molecular weight is 351 g/mol. The first-order chi connectivity index (χ1) is 8.36. The zero-order valence-electron chi connectivity index (χ0n) is 8.87. The first-order valence-electron chi connectivity index (χ1n) is 4.83. The van der Waals surface area contributed by atoms with Gasteiger partial charge in [-0.25, -0.2) is 0 Å². The summed E-state index contributed by atoms with van der Waals surface area (Å²) in [5, 5.41) is 12.0. The topological polar surface area (TPSA) is 49.3 Å². The molecule has 0 radical (unpaired) electrons. The first kappa shape index (κ1) is 16.0. The van der Waals surface area contributed by atoms with E-state index in [0.29, 0.717) is 18.7 Å². The molecule has 0 fully saturated rings. The monoisotopic (exact) mass is 349 g/mol. The number of halogens is 5. The summed E-state index contributed by atoms with van der Waals surface area (Å²) in [6.07, 6.45) is 0.456. The SMILES string of the molecule is O=C(O)CCCNc1c(Cl)c(Cl)c(Cl)c(Cl)c1Cl. The van der Waals surface area contributed by atoms with Gasteiger partial charge in [0.1, 0.15) is 0 Å². The molecule has 100 valence electrons. The number of hydrogen-bond acceptors (Lipinski definition) is 2. The molecule has 0 aromatic heterocycles. The van der Waals surface area contributed by atoms with E-state index in [0.717, 1.165) is 0 Å². The van der Waals surface area contributed by atoms with E-state index in [-0.39, 0.29) is 31.5 Å². The van der Waals surface area contributed by atoms with Gasteiger partial charge in [-0.1, -0.05) is 58.0 Å². The van der Waals surface area contributed by atoms with E-state index >= 15 is 0 Å². The Balaban J connectivity index is 2.86. The van der Waals surface area contributed by atoms with Gasteiger partial charge in [0.2, 0.25) is 0 Å². The molecule has 1 aromatic rings. The number of rotatable bonds is 5. The normalized spacial score (nSPS) is 10.5. The Morgan fingerprint density at radius 1 is 0.944 bits per heavy atom. The molecule has 0 saturated carbocycles. The third-order valence-electron chi connectivity index (χ3n) is 2.08. The van der Waals surface area contributed by atoms with Gasteiger partial charge in [-0.15, -0.1) is 0 Å². The summed E-state index contributed by atoms with van der Waals surface area (Å²) in [6, 6.07) is 0. The molecule has 0 amide bonds. The molecule has 0 atom stereocenters. The highest BCUT2D eigenvalue weighted by Crippen LogP contribution is 2.46. The van der Waals surface area contributed by atoms with E-state index in [1.807, 2.05) is 0 Å². The average Bonchev–Trinajstić information content (AvgIpc) is 2.32. The number of carboxylic acid groups (broad SMARTS) is 1. The fourth-order valence-electron chi connectivity index (χ4n) is 1.21. The van der Waals surface area contributed by atoms with Gasteiger partial charge in [0, 0.05) is 13.0 Å². The van der Waals surface area contributed by atoms with E-state index in [9.17, 15) is 4.79 Å². The number of anilines is 1. The first-order valence-corrected chi connectivity index (χ1v) is 6.72. The van der Waals surface area contributed by atoms with Crippen LogP contribution >= 0.6 is 58.0 Å². The summed E-state index contributed by atoms with van der Waals surface area (Å²) in [7, 11) is 0. The molecule has 0 saturated heterocycles. The van der Waals surface area contributed by atoms with Crippen LogP contribution in [0.3, 0.4) is 0 Å². The van der Waals surface area contributed by atoms with Gasteiger partial charge in [0.05, 0.1) is 30.8 Å². The van der Waals surface area contributed by atoms with E-state index in [4.69, 9.17) is 63.1 Å². The maximum Gasteiger partial charge on any atom is 0.303 e. The van der Waals surface area contributed by atoms with Crippen molar-refractivity contribution in [1.29, 1.82) is 0 Å². The molecule has 0 spiro atoms. The van der Waals surface area contributed by atoms with Crippen LogP contribution in [0, 0.1) is 0 Å². The Hall–Kier alpha value is -0.0600. The maximum absolute atomic E-state index is 10.4. The Labute approximate surface area is 129 Å². The van der Waals surface area contributed by atoms with E-state index in [2.05, 4.69) is 5.32 Å². The van der Waals surface area contributed by atoms with Crippen LogP contribution in [0.5, 0.6) is 0 Å². The third-order valence-corrected chi connectivity index (χ3v) is 4.36. The molecule has 0 aliphatic carbocycles. The van der Waals surface area contributed by atoms with Crippen molar-refractivity contribution in [2.75, 3.05) is 11.9 Å². The van der Waals surface area contributed by atoms with Crippen LogP contribution in [0.1, 0.15) is 12.8 Å². The second-order valence-electron chi connectivity index (χ2n) is 3.37. The largest absolute Gasteiger partial charge is 0.481 e. The van der Waals surface area contributed by atoms with Crippen molar-refractivity contribution in [2.45, 2.75) is 12.8 Å². The van der Waals surface area contributed by atoms with Gasteiger partial charge in [-0.3, -0.25) is 4.79 Å². The van der Waals surface area contributed by atoms with Crippen molar-refractivity contribution in [3.8, 4) is 0 Å². The van der Waals surface area contributed by atoms with E-state index in [1.165, 1.54) is 0 Å². The Kier molecular flexibility index (Phi) is 6.15. The minimum absolute atomic E-state index is 0.0390. The van der Waals surface area contributed by atoms with Crippen LogP contribution in [0.2, 0.25) is 25.1 Å². The molecule has 3 nitrogen and oxygen atoms in total. The third kappa shape index (κ3) is 3.72. The lowest BCUT2D eigenvalue weighted by Crippen LogP contribution is -2.06. The fraction of sp³-hybridized carbons (Fsp3) is 0.300. The molecule has 0 unspecified atom stereocenters. The highest BCUT2D eigenvalue weighted by molar-refractivity contribution is 6.56. The standard InChI is InChI=1S/C10H8Cl5NO2/c11-5-6(12)8(14)10(9(15)7(5)13)16-3-1-2-4(17)18/h16H,1-3H2,(H,17,18). The Morgan fingerprint density at radius 3 is 1.83 bits per heavy atom. The van der Waals surface area contributed by atoms with Crippen molar-refractivity contribution in [3.05, 3.63) is 25.1 Å². The van der Waals surface area contributed by atoms with Gasteiger partial charge >= 0.3 is 5.97 Å². The predicted molar refractivity (Wildman–Crippen MR) is 76.9 cm³/mol. The summed E-state index contributed by atoms with van der Waals surface area (Å²) in [5.41, 5.74) is 0.350. The Morgan fingerprint density at radius 2 is 1.39 bits per heavy atom. The van der Waals surface area contributed by atoms with Crippen LogP contribution in [0.25, 0.3) is 0 Å². The number of nitrogens with one attached hydrogen (secondary N) is 1. The number of carboxylic acids is 1. The lowest BCUT2D eigenvalue weighted by Gasteiger charge is -2.14. The maximum atomic E-state index is 10.4. The van der Waals surface area contributed by atoms with Gasteiger partial charge in [-0.2, -0.15) is 0 Å². The molecular formula is C10H8Cl5NO2. The molecule has 8 heteroatoms. The van der Waals surface area contributed by atoms with Crippen LogP contribution < -0.4 is 5.32 Å². The summed E-state index contributed by atoms with van der Waals surface area (Å²) >= 11 is 29.5. The number of aliphatic carboxylic acids is 1. The lowest BCUT2D eigenvalue weighted by molar-refractivity contribution is -0.137.